The molecule has 0 saturated carbocycles. The van der Waals surface area contributed by atoms with Crippen molar-refractivity contribution in [3.8, 4) is 5.75 Å². The van der Waals surface area contributed by atoms with Gasteiger partial charge in [0.15, 0.2) is 0 Å². The molecule has 0 N–H and O–H groups in total. The van der Waals surface area contributed by atoms with Crippen LogP contribution in [0.15, 0.2) is 41.0 Å². The molecule has 1 aromatic heterocycles. The van der Waals surface area contributed by atoms with E-state index in [2.05, 4.69) is 14.3 Å². The number of hydrogen-bond donors (Lipinski definition) is 0. The fraction of sp³-hybridized carbons (Fsp3) is 0.462. The summed E-state index contributed by atoms with van der Waals surface area (Å²) in [5.41, 5.74) is 3.82. The minimum absolute atomic E-state index is 0.236. The standard InChI is InChI=1S/C26H31FN4O4S2/c1-18-12-21(30-37(34)10-3-4-11-37)15-24-26(18)23(28-17-29-24)13-19-7-8-20(27)14-25(19)35-22-6-5-9-31(16-22)36(2,32)33/h7-8,12,14-15,17,22H,3-6,9-11,13,16H2,1-2H3/t22-/m1/s1. The van der Waals surface area contributed by atoms with Crippen molar-refractivity contribution in [2.24, 2.45) is 4.36 Å². The Hall–Kier alpha value is -2.63. The fourth-order valence-corrected chi connectivity index (χ4v) is 8.21. The Balaban J connectivity index is 1.45. The third-order valence-electron chi connectivity index (χ3n) is 6.94. The van der Waals surface area contributed by atoms with Crippen LogP contribution in [0.1, 0.15) is 42.5 Å². The lowest BCUT2D eigenvalue weighted by Gasteiger charge is -2.31. The second kappa shape index (κ2) is 10.3. The van der Waals surface area contributed by atoms with E-state index >= 15 is 0 Å². The first-order chi connectivity index (χ1) is 17.6. The summed E-state index contributed by atoms with van der Waals surface area (Å²) < 4.78 is 63.3. The molecule has 2 saturated heterocycles. The van der Waals surface area contributed by atoms with Gasteiger partial charge in [-0.05, 0) is 56.4 Å². The number of ether oxygens (including phenoxy) is 1. The summed E-state index contributed by atoms with van der Waals surface area (Å²) in [7, 11) is -5.53. The van der Waals surface area contributed by atoms with Crippen LogP contribution in [0.2, 0.25) is 0 Å². The van der Waals surface area contributed by atoms with Crippen molar-refractivity contribution in [3.63, 3.8) is 0 Å². The van der Waals surface area contributed by atoms with Gasteiger partial charge in [-0.15, -0.1) is 0 Å². The maximum atomic E-state index is 14.2. The topological polar surface area (TPSA) is 102 Å². The normalized spacial score (nSPS) is 20.2. The molecule has 0 aliphatic carbocycles. The van der Waals surface area contributed by atoms with Crippen LogP contribution in [0.3, 0.4) is 0 Å². The highest BCUT2D eigenvalue weighted by Gasteiger charge is 2.28. The summed E-state index contributed by atoms with van der Waals surface area (Å²) in [4.78, 5) is 8.98. The van der Waals surface area contributed by atoms with E-state index in [-0.39, 0.29) is 12.6 Å². The van der Waals surface area contributed by atoms with Gasteiger partial charge in [0.05, 0.1) is 39.4 Å². The van der Waals surface area contributed by atoms with Crippen LogP contribution in [-0.4, -0.2) is 63.9 Å². The quantitative estimate of drug-likeness (QED) is 0.455. The van der Waals surface area contributed by atoms with Crippen molar-refractivity contribution in [2.75, 3.05) is 30.9 Å². The van der Waals surface area contributed by atoms with Crippen molar-refractivity contribution < 1.29 is 21.8 Å². The molecular weight excluding hydrogens is 515 g/mol. The summed E-state index contributed by atoms with van der Waals surface area (Å²) in [6.07, 6.45) is 5.94. The first kappa shape index (κ1) is 26.0. The van der Waals surface area contributed by atoms with Gasteiger partial charge in [0.2, 0.25) is 10.0 Å². The first-order valence-corrected chi connectivity index (χ1v) is 16.2. The molecule has 2 fully saturated rings. The molecule has 8 nitrogen and oxygen atoms in total. The number of benzene rings is 2. The molecule has 0 bridgehead atoms. The Kier molecular flexibility index (Phi) is 7.21. The molecule has 0 radical (unpaired) electrons. The number of rotatable bonds is 6. The zero-order chi connectivity index (χ0) is 26.2. The van der Waals surface area contributed by atoms with Crippen LogP contribution in [0, 0.1) is 12.7 Å². The number of hydrogen-bond acceptors (Lipinski definition) is 7. The monoisotopic (exact) mass is 546 g/mol. The third kappa shape index (κ3) is 5.94. The lowest BCUT2D eigenvalue weighted by Crippen LogP contribution is -2.43. The van der Waals surface area contributed by atoms with E-state index in [1.54, 1.807) is 6.07 Å². The van der Waals surface area contributed by atoms with Crippen LogP contribution in [0.25, 0.3) is 10.9 Å². The van der Waals surface area contributed by atoms with Gasteiger partial charge in [0.1, 0.15) is 24.0 Å². The molecule has 1 atom stereocenters. The molecule has 3 aromatic rings. The van der Waals surface area contributed by atoms with Gasteiger partial charge < -0.3 is 4.74 Å². The van der Waals surface area contributed by atoms with E-state index in [4.69, 9.17) is 4.74 Å². The van der Waals surface area contributed by atoms with Gasteiger partial charge in [-0.25, -0.2) is 27.0 Å². The number of piperidine rings is 1. The maximum Gasteiger partial charge on any atom is 0.211 e. The van der Waals surface area contributed by atoms with E-state index in [1.165, 1.54) is 29.0 Å². The Morgan fingerprint density at radius 3 is 2.70 bits per heavy atom. The Morgan fingerprint density at radius 2 is 1.95 bits per heavy atom. The number of aromatic nitrogens is 2. The van der Waals surface area contributed by atoms with Gasteiger partial charge in [-0.3, -0.25) is 0 Å². The lowest BCUT2D eigenvalue weighted by atomic mass is 10.0. The Morgan fingerprint density at radius 1 is 1.16 bits per heavy atom. The fourth-order valence-electron chi connectivity index (χ4n) is 5.13. The predicted molar refractivity (Wildman–Crippen MR) is 143 cm³/mol. The number of nitrogens with zero attached hydrogens (tertiary/aromatic N) is 4. The highest BCUT2D eigenvalue weighted by molar-refractivity contribution is 7.93. The van der Waals surface area contributed by atoms with Crippen LogP contribution in [-0.2, 0) is 26.2 Å². The van der Waals surface area contributed by atoms with Crippen molar-refractivity contribution in [1.29, 1.82) is 0 Å². The maximum absolute atomic E-state index is 14.2. The molecular formula is C26H31FN4O4S2. The molecule has 0 unspecified atom stereocenters. The van der Waals surface area contributed by atoms with Crippen molar-refractivity contribution in [3.05, 3.63) is 59.3 Å². The van der Waals surface area contributed by atoms with Gasteiger partial charge in [0.25, 0.3) is 0 Å². The van der Waals surface area contributed by atoms with Crippen LogP contribution >= 0.6 is 0 Å². The molecule has 3 heterocycles. The van der Waals surface area contributed by atoms with Crippen molar-refractivity contribution in [2.45, 2.75) is 45.1 Å². The average Bonchev–Trinajstić information content (AvgIpc) is 3.26. The molecule has 37 heavy (non-hydrogen) atoms. The SMILES string of the molecule is Cc1cc(N=S2(=O)CCCC2)cc2ncnc(Cc3ccc(F)cc3O[C@@H]3CCCN(S(C)(=O)=O)C3)c12. The summed E-state index contributed by atoms with van der Waals surface area (Å²) in [6.45, 7) is 2.66. The van der Waals surface area contributed by atoms with Gasteiger partial charge in [0, 0.05) is 41.5 Å². The summed E-state index contributed by atoms with van der Waals surface area (Å²) in [5.74, 6) is 1.23. The van der Waals surface area contributed by atoms with Gasteiger partial charge >= 0.3 is 0 Å². The molecule has 2 aromatic carbocycles. The van der Waals surface area contributed by atoms with Crippen LogP contribution in [0.5, 0.6) is 5.75 Å². The van der Waals surface area contributed by atoms with E-state index in [9.17, 15) is 17.0 Å². The average molecular weight is 547 g/mol. The van der Waals surface area contributed by atoms with E-state index in [0.717, 1.165) is 35.0 Å². The van der Waals surface area contributed by atoms with Gasteiger partial charge in [-0.1, -0.05) is 6.07 Å². The lowest BCUT2D eigenvalue weighted by molar-refractivity contribution is 0.128. The number of halogens is 1. The Labute approximate surface area is 217 Å². The van der Waals surface area contributed by atoms with Crippen LogP contribution < -0.4 is 4.74 Å². The second-order valence-electron chi connectivity index (χ2n) is 9.89. The van der Waals surface area contributed by atoms with Crippen LogP contribution in [0.4, 0.5) is 10.1 Å². The summed E-state index contributed by atoms with van der Waals surface area (Å²) in [5, 5.41) is 0.874. The molecule has 0 amide bonds. The zero-order valence-corrected chi connectivity index (χ0v) is 22.7. The summed E-state index contributed by atoms with van der Waals surface area (Å²) in [6, 6.07) is 8.18. The molecule has 198 valence electrons. The second-order valence-corrected chi connectivity index (χ2v) is 14.4. The van der Waals surface area contributed by atoms with E-state index in [0.29, 0.717) is 54.3 Å². The predicted octanol–water partition coefficient (Wildman–Crippen LogP) is 4.36. The Bertz CT molecular complexity index is 1560. The highest BCUT2D eigenvalue weighted by atomic mass is 32.2. The summed E-state index contributed by atoms with van der Waals surface area (Å²) >= 11 is 0. The van der Waals surface area contributed by atoms with E-state index in [1.807, 2.05) is 19.1 Å². The number of aryl methyl sites for hydroxylation is 1. The molecule has 2 aliphatic heterocycles. The zero-order valence-electron chi connectivity index (χ0n) is 21.0. The third-order valence-corrected chi connectivity index (χ3v) is 10.6. The minimum atomic E-state index is -3.33. The number of fused-ring (bicyclic) bond motifs is 1. The minimum Gasteiger partial charge on any atom is -0.489 e. The number of sulfonamides is 1. The molecule has 5 rings (SSSR count). The molecule has 2 aliphatic rings. The molecule has 11 heteroatoms. The van der Waals surface area contributed by atoms with Gasteiger partial charge in [-0.2, -0.15) is 8.67 Å². The van der Waals surface area contributed by atoms with Crippen molar-refractivity contribution >= 4 is 36.3 Å². The van der Waals surface area contributed by atoms with Crippen molar-refractivity contribution in [1.82, 2.24) is 14.3 Å². The smallest absolute Gasteiger partial charge is 0.211 e. The largest absolute Gasteiger partial charge is 0.489 e. The first-order valence-electron chi connectivity index (χ1n) is 12.5. The molecule has 0 spiro atoms. The highest BCUT2D eigenvalue weighted by Crippen LogP contribution is 2.32. The van der Waals surface area contributed by atoms with E-state index < -0.39 is 25.6 Å².